The third-order valence-corrected chi connectivity index (χ3v) is 9.38. The molecule has 0 amide bonds. The molecule has 7 heteroatoms. The van der Waals surface area contributed by atoms with Crippen LogP contribution >= 0.6 is 11.6 Å². The molecule has 0 radical (unpaired) electrons. The number of benzene rings is 4. The van der Waals surface area contributed by atoms with Gasteiger partial charge in [-0.25, -0.2) is 4.39 Å². The fourth-order valence-corrected chi connectivity index (χ4v) is 6.10. The van der Waals surface area contributed by atoms with Gasteiger partial charge >= 0.3 is 0 Å². The summed E-state index contributed by atoms with van der Waals surface area (Å²) in [7, 11) is 3.16. The standard InChI is InChI=1S/C20H25NO2.C12H18O2.C10H12ClF/c1-14-4-8-17-12-21(13-18(17)10-14)15(2)5-6-16-7-9-19(22)20(11-16)23-3;1-9(2)4-5-10-6-7-11(13)12(8-10)14-3;1-3-7-5-9(11)10(12)6-8(7)4-2/h4,7-11,15,22H,5-6,12-13H2,1-3H3;6-9,13H,4-5H2,1-3H3;5-6H,3-4H2,1-2H3/t15-;;/m1../s1. The topological polar surface area (TPSA) is 62.2 Å². The molecule has 49 heavy (non-hydrogen) atoms. The number of aromatic hydroxyl groups is 2. The zero-order valence-corrected chi connectivity index (χ0v) is 31.3. The minimum Gasteiger partial charge on any atom is -0.504 e. The molecule has 1 atom stereocenters. The summed E-state index contributed by atoms with van der Waals surface area (Å²) in [5, 5.41) is 19.3. The zero-order chi connectivity index (χ0) is 36.1. The number of rotatable bonds is 11. The van der Waals surface area contributed by atoms with Crippen molar-refractivity contribution in [1.82, 2.24) is 4.90 Å². The van der Waals surface area contributed by atoms with Crippen molar-refractivity contribution in [3.8, 4) is 23.0 Å². The van der Waals surface area contributed by atoms with Gasteiger partial charge in [0.25, 0.3) is 0 Å². The van der Waals surface area contributed by atoms with E-state index >= 15 is 0 Å². The molecule has 5 nitrogen and oxygen atoms in total. The van der Waals surface area contributed by atoms with Crippen LogP contribution in [-0.2, 0) is 38.8 Å². The predicted molar refractivity (Wildman–Crippen MR) is 201 cm³/mol. The summed E-state index contributed by atoms with van der Waals surface area (Å²) in [6.45, 7) is 15.0. The van der Waals surface area contributed by atoms with Crippen LogP contribution in [0, 0.1) is 18.7 Å². The third kappa shape index (κ3) is 12.0. The highest BCUT2D eigenvalue weighted by Gasteiger charge is 2.23. The molecule has 0 fully saturated rings. The van der Waals surface area contributed by atoms with Crippen LogP contribution in [0.25, 0.3) is 0 Å². The lowest BCUT2D eigenvalue weighted by Gasteiger charge is -2.23. The van der Waals surface area contributed by atoms with Gasteiger partial charge < -0.3 is 19.7 Å². The number of ether oxygens (including phenoxy) is 2. The van der Waals surface area contributed by atoms with E-state index in [9.17, 15) is 14.6 Å². The highest BCUT2D eigenvalue weighted by molar-refractivity contribution is 6.30. The maximum atomic E-state index is 13.0. The van der Waals surface area contributed by atoms with E-state index in [0.717, 1.165) is 62.7 Å². The predicted octanol–water partition coefficient (Wildman–Crippen LogP) is 10.6. The molecule has 0 spiro atoms. The van der Waals surface area contributed by atoms with Gasteiger partial charge in [-0.1, -0.05) is 75.2 Å². The molecule has 4 aromatic carbocycles. The van der Waals surface area contributed by atoms with Crippen LogP contribution in [0.3, 0.4) is 0 Å². The van der Waals surface area contributed by atoms with Crippen LogP contribution in [0.5, 0.6) is 23.0 Å². The van der Waals surface area contributed by atoms with Crippen molar-refractivity contribution < 1.29 is 24.1 Å². The summed E-state index contributed by atoms with van der Waals surface area (Å²) in [5.74, 6) is 1.92. The number of phenols is 2. The number of hydrogen-bond acceptors (Lipinski definition) is 5. The maximum absolute atomic E-state index is 13.0. The van der Waals surface area contributed by atoms with Crippen LogP contribution in [0.1, 0.15) is 86.4 Å². The summed E-state index contributed by atoms with van der Waals surface area (Å²) in [4.78, 5) is 2.54. The van der Waals surface area contributed by atoms with Gasteiger partial charge in [0.1, 0.15) is 5.82 Å². The zero-order valence-electron chi connectivity index (χ0n) is 30.6. The molecule has 5 rings (SSSR count). The van der Waals surface area contributed by atoms with Gasteiger partial charge in [0.2, 0.25) is 0 Å². The normalized spacial score (nSPS) is 12.8. The molecule has 266 valence electrons. The van der Waals surface area contributed by atoms with E-state index in [1.807, 2.05) is 38.1 Å². The number of fused-ring (bicyclic) bond motifs is 1. The van der Waals surface area contributed by atoms with Gasteiger partial charge in [-0.05, 0) is 128 Å². The summed E-state index contributed by atoms with van der Waals surface area (Å²) in [6, 6.07) is 21.7. The summed E-state index contributed by atoms with van der Waals surface area (Å²) in [6.07, 6.45) is 6.05. The van der Waals surface area contributed by atoms with Crippen molar-refractivity contribution in [2.45, 2.75) is 99.2 Å². The first-order valence-electron chi connectivity index (χ1n) is 17.4. The first-order valence-corrected chi connectivity index (χ1v) is 17.8. The van der Waals surface area contributed by atoms with Crippen LogP contribution in [-0.4, -0.2) is 35.4 Å². The second-order valence-electron chi connectivity index (χ2n) is 13.3. The summed E-state index contributed by atoms with van der Waals surface area (Å²) < 4.78 is 23.2. The Hall–Kier alpha value is -3.74. The number of aryl methyl sites for hydroxylation is 5. The molecule has 0 aliphatic carbocycles. The highest BCUT2D eigenvalue weighted by Crippen LogP contribution is 2.30. The van der Waals surface area contributed by atoms with Gasteiger partial charge in [0.05, 0.1) is 19.2 Å². The maximum Gasteiger partial charge on any atom is 0.160 e. The monoisotopic (exact) mass is 691 g/mol. The molecule has 4 aromatic rings. The molecule has 1 aliphatic rings. The van der Waals surface area contributed by atoms with E-state index in [2.05, 4.69) is 50.8 Å². The van der Waals surface area contributed by atoms with Gasteiger partial charge in [0.15, 0.2) is 23.0 Å². The van der Waals surface area contributed by atoms with Crippen molar-refractivity contribution in [2.24, 2.45) is 5.92 Å². The summed E-state index contributed by atoms with van der Waals surface area (Å²) >= 11 is 5.65. The van der Waals surface area contributed by atoms with Gasteiger partial charge in [-0.3, -0.25) is 4.90 Å². The van der Waals surface area contributed by atoms with Gasteiger partial charge in [-0.15, -0.1) is 0 Å². The second-order valence-corrected chi connectivity index (χ2v) is 13.7. The van der Waals surface area contributed by atoms with E-state index in [4.69, 9.17) is 21.1 Å². The lowest BCUT2D eigenvalue weighted by Crippen LogP contribution is -2.28. The number of methoxy groups -OCH3 is 2. The molecule has 2 N–H and O–H groups in total. The van der Waals surface area contributed by atoms with Crippen LogP contribution in [0.15, 0.2) is 66.7 Å². The molecule has 0 bridgehead atoms. The Kier molecular flexibility index (Phi) is 15.8. The van der Waals surface area contributed by atoms with Crippen LogP contribution in [0.4, 0.5) is 4.39 Å². The Morgan fingerprint density at radius 1 is 0.735 bits per heavy atom. The van der Waals surface area contributed by atoms with Gasteiger partial charge in [0, 0.05) is 19.1 Å². The molecule has 0 saturated heterocycles. The van der Waals surface area contributed by atoms with Crippen molar-refractivity contribution >= 4 is 11.6 Å². The Bertz CT molecular complexity index is 1610. The van der Waals surface area contributed by atoms with Gasteiger partial charge in [-0.2, -0.15) is 0 Å². The lowest BCUT2D eigenvalue weighted by atomic mass is 10.0. The smallest absolute Gasteiger partial charge is 0.160 e. The molecule has 0 aromatic heterocycles. The highest BCUT2D eigenvalue weighted by atomic mass is 35.5. The molecule has 1 heterocycles. The van der Waals surface area contributed by atoms with E-state index in [-0.39, 0.29) is 22.3 Å². The number of hydrogen-bond donors (Lipinski definition) is 2. The Morgan fingerprint density at radius 3 is 1.80 bits per heavy atom. The van der Waals surface area contributed by atoms with E-state index < -0.39 is 0 Å². The number of phenolic OH excluding ortho intramolecular Hbond substituents is 2. The van der Waals surface area contributed by atoms with E-state index in [0.29, 0.717) is 23.5 Å². The van der Waals surface area contributed by atoms with Crippen LogP contribution in [0.2, 0.25) is 5.02 Å². The molecule has 0 saturated carbocycles. The minimum absolute atomic E-state index is 0.203. The molecular formula is C42H55ClFNO4. The average molecular weight is 692 g/mol. The number of halogens is 2. The van der Waals surface area contributed by atoms with Crippen molar-refractivity contribution in [2.75, 3.05) is 14.2 Å². The second kappa shape index (κ2) is 19.4. The minimum atomic E-state index is -0.314. The third-order valence-electron chi connectivity index (χ3n) is 9.09. The number of nitrogens with zero attached hydrogens (tertiary/aromatic N) is 1. The molecule has 0 unspecified atom stereocenters. The fourth-order valence-electron chi connectivity index (χ4n) is 5.92. The Balaban J connectivity index is 0.000000215. The van der Waals surface area contributed by atoms with Crippen LogP contribution < -0.4 is 9.47 Å². The summed E-state index contributed by atoms with van der Waals surface area (Å²) in [5.41, 5.74) is 8.90. The molecule has 1 aliphatic heterocycles. The van der Waals surface area contributed by atoms with Crippen molar-refractivity contribution in [3.63, 3.8) is 0 Å². The average Bonchev–Trinajstić information content (AvgIpc) is 3.52. The molecular weight excluding hydrogens is 637 g/mol. The Morgan fingerprint density at radius 2 is 1.27 bits per heavy atom. The largest absolute Gasteiger partial charge is 0.504 e. The van der Waals surface area contributed by atoms with E-state index in [1.165, 1.54) is 33.9 Å². The SMILES string of the molecule is CCc1cc(F)c(Cl)cc1CC.COc1cc(CCC(C)C)ccc1O.COc1cc(CC[C@@H](C)N2Cc3ccc(C)cc3C2)ccc1O. The first-order chi connectivity index (χ1) is 23.4. The van der Waals surface area contributed by atoms with Crippen molar-refractivity contribution in [1.29, 1.82) is 0 Å². The lowest BCUT2D eigenvalue weighted by molar-refractivity contribution is 0.203. The van der Waals surface area contributed by atoms with E-state index in [1.54, 1.807) is 32.4 Å². The quantitative estimate of drug-likeness (QED) is 0.164. The fraction of sp³-hybridized carbons (Fsp3) is 0.429. The Labute approximate surface area is 298 Å². The van der Waals surface area contributed by atoms with Crippen molar-refractivity contribution in [3.05, 3.63) is 117 Å². The first kappa shape index (κ1) is 39.7.